The van der Waals surface area contributed by atoms with Crippen LogP contribution in [0.1, 0.15) is 52.0 Å². The molecule has 0 spiro atoms. The summed E-state index contributed by atoms with van der Waals surface area (Å²) in [7, 11) is -3.05. The summed E-state index contributed by atoms with van der Waals surface area (Å²) in [5.41, 5.74) is 0.882. The fourth-order valence-electron chi connectivity index (χ4n) is 5.33. The van der Waals surface area contributed by atoms with Crippen LogP contribution in [-0.2, 0) is 23.5 Å². The highest BCUT2D eigenvalue weighted by molar-refractivity contribution is 6.99. The molecule has 3 aromatic rings. The second-order valence-corrected chi connectivity index (χ2v) is 15.8. The summed E-state index contributed by atoms with van der Waals surface area (Å²) in [5, 5.41) is 1.80. The molecule has 2 atom stereocenters. The molecule has 3 aromatic carbocycles. The van der Waals surface area contributed by atoms with Crippen molar-refractivity contribution in [2.24, 2.45) is 0 Å². The van der Waals surface area contributed by atoms with Crippen LogP contribution in [0.2, 0.25) is 5.04 Å². The molecular formula is C37H42O5Si. The summed E-state index contributed by atoms with van der Waals surface area (Å²) < 4.78 is 12.9. The SMILES string of the molecule is C=CC[C@H](C[C@H](CC(=O)CC(=O)/C=C/c1ccccc1)O[Si](c1ccccc1)(c1ccccc1)C(C)(C)C)OC(=O)C=C. The molecule has 0 aliphatic rings. The van der Waals surface area contributed by atoms with Crippen LogP contribution in [0.3, 0.4) is 0 Å². The molecule has 6 heteroatoms. The van der Waals surface area contributed by atoms with Crippen molar-refractivity contribution in [2.75, 3.05) is 0 Å². The molecule has 5 nitrogen and oxygen atoms in total. The van der Waals surface area contributed by atoms with Crippen LogP contribution in [0.4, 0.5) is 0 Å². The predicted molar refractivity (Wildman–Crippen MR) is 177 cm³/mol. The van der Waals surface area contributed by atoms with Gasteiger partial charge in [-0.2, -0.15) is 0 Å². The van der Waals surface area contributed by atoms with Gasteiger partial charge in [-0.3, -0.25) is 9.59 Å². The van der Waals surface area contributed by atoms with E-state index in [4.69, 9.17) is 9.16 Å². The molecule has 0 amide bonds. The van der Waals surface area contributed by atoms with Gasteiger partial charge >= 0.3 is 5.97 Å². The van der Waals surface area contributed by atoms with Gasteiger partial charge in [0.2, 0.25) is 0 Å². The van der Waals surface area contributed by atoms with Crippen LogP contribution < -0.4 is 10.4 Å². The lowest BCUT2D eigenvalue weighted by molar-refractivity contribution is -0.144. The zero-order chi connectivity index (χ0) is 31.3. The zero-order valence-electron chi connectivity index (χ0n) is 25.4. The van der Waals surface area contributed by atoms with Crippen molar-refractivity contribution in [2.45, 2.75) is 63.7 Å². The number of carbonyl (C=O) groups is 3. The lowest BCUT2D eigenvalue weighted by Crippen LogP contribution is -2.68. The Bertz CT molecular complexity index is 1350. The molecule has 0 aliphatic heterocycles. The Kier molecular flexibility index (Phi) is 12.4. The Balaban J connectivity index is 2.00. The normalized spacial score (nSPS) is 13.2. The Hall–Kier alpha value is -4.13. The number of ketones is 2. The van der Waals surface area contributed by atoms with Crippen LogP contribution >= 0.6 is 0 Å². The minimum Gasteiger partial charge on any atom is -0.459 e. The highest BCUT2D eigenvalue weighted by Gasteiger charge is 2.51. The van der Waals surface area contributed by atoms with Gasteiger partial charge in [-0.05, 0) is 27.1 Å². The number of Topliss-reactive ketones (excluding diaryl/α,β-unsaturated/α-hetero) is 1. The maximum absolute atomic E-state index is 13.4. The summed E-state index contributed by atoms with van der Waals surface area (Å²) in [6.45, 7) is 13.8. The van der Waals surface area contributed by atoms with Crippen molar-refractivity contribution >= 4 is 42.3 Å². The Morgan fingerprint density at radius 3 is 1.84 bits per heavy atom. The zero-order valence-corrected chi connectivity index (χ0v) is 26.4. The Labute approximate surface area is 257 Å². The molecule has 224 valence electrons. The van der Waals surface area contributed by atoms with E-state index in [2.05, 4.69) is 58.2 Å². The van der Waals surface area contributed by atoms with Crippen molar-refractivity contribution in [3.8, 4) is 0 Å². The van der Waals surface area contributed by atoms with E-state index in [1.165, 1.54) is 6.08 Å². The number of esters is 1. The summed E-state index contributed by atoms with van der Waals surface area (Å²) in [6, 6.07) is 29.7. The van der Waals surface area contributed by atoms with Gasteiger partial charge in [0.25, 0.3) is 8.32 Å². The summed E-state index contributed by atoms with van der Waals surface area (Å²) in [5.74, 6) is -1.07. The molecule has 0 bridgehead atoms. The van der Waals surface area contributed by atoms with E-state index in [0.29, 0.717) is 6.42 Å². The van der Waals surface area contributed by atoms with Gasteiger partial charge in [0.05, 0.1) is 12.5 Å². The molecule has 0 radical (unpaired) electrons. The summed E-state index contributed by atoms with van der Waals surface area (Å²) >= 11 is 0. The summed E-state index contributed by atoms with van der Waals surface area (Å²) in [4.78, 5) is 38.4. The fourth-order valence-corrected chi connectivity index (χ4v) is 10.0. The van der Waals surface area contributed by atoms with Gasteiger partial charge in [-0.25, -0.2) is 4.79 Å². The first-order valence-corrected chi connectivity index (χ1v) is 16.5. The molecular weight excluding hydrogens is 552 g/mol. The molecule has 0 heterocycles. The molecule has 0 fully saturated rings. The molecule has 0 aliphatic carbocycles. The second kappa shape index (κ2) is 15.9. The van der Waals surface area contributed by atoms with Gasteiger partial charge in [0.1, 0.15) is 11.9 Å². The van der Waals surface area contributed by atoms with Crippen molar-refractivity contribution in [3.05, 3.63) is 128 Å². The van der Waals surface area contributed by atoms with E-state index in [1.807, 2.05) is 66.7 Å². The molecule has 0 saturated heterocycles. The van der Waals surface area contributed by atoms with Gasteiger partial charge in [0.15, 0.2) is 5.78 Å². The van der Waals surface area contributed by atoms with Gasteiger partial charge < -0.3 is 9.16 Å². The van der Waals surface area contributed by atoms with Crippen molar-refractivity contribution < 1.29 is 23.5 Å². The maximum atomic E-state index is 13.4. The quantitative estimate of drug-likeness (QED) is 0.0612. The van der Waals surface area contributed by atoms with E-state index in [1.54, 1.807) is 12.2 Å². The number of ether oxygens (including phenoxy) is 1. The molecule has 0 aromatic heterocycles. The second-order valence-electron chi connectivity index (χ2n) is 11.6. The van der Waals surface area contributed by atoms with E-state index in [9.17, 15) is 14.4 Å². The number of allylic oxidation sites excluding steroid dienone is 1. The van der Waals surface area contributed by atoms with Gasteiger partial charge in [-0.1, -0.05) is 130 Å². The minimum atomic E-state index is -3.05. The fraction of sp³-hybridized carbons (Fsp3) is 0.270. The van der Waals surface area contributed by atoms with Crippen LogP contribution in [0.5, 0.6) is 0 Å². The predicted octanol–water partition coefficient (Wildman–Crippen LogP) is 6.63. The van der Waals surface area contributed by atoms with E-state index in [0.717, 1.165) is 22.0 Å². The van der Waals surface area contributed by atoms with E-state index >= 15 is 0 Å². The van der Waals surface area contributed by atoms with E-state index in [-0.39, 0.29) is 35.9 Å². The maximum Gasteiger partial charge on any atom is 0.330 e. The standard InChI is InChI=1S/C37H42O5Si/c1-6-17-32(41-36(40)7-2)28-33(27-31(39)26-30(38)25-24-29-18-11-8-12-19-29)42-43(37(3,4)5,34-20-13-9-14-21-34)35-22-15-10-16-23-35/h6-16,18-25,32-33H,1-2,17,26-28H2,3-5H3/b25-24+/t32-,33+/m1/s1. The number of rotatable bonds is 16. The first-order valence-electron chi connectivity index (χ1n) is 14.6. The molecule has 0 N–H and O–H groups in total. The number of hydrogen-bond donors (Lipinski definition) is 0. The van der Waals surface area contributed by atoms with E-state index < -0.39 is 26.5 Å². The monoisotopic (exact) mass is 594 g/mol. The largest absolute Gasteiger partial charge is 0.459 e. The minimum absolute atomic E-state index is 0.00526. The molecule has 43 heavy (non-hydrogen) atoms. The number of carbonyl (C=O) groups excluding carboxylic acids is 3. The number of benzene rings is 3. The average Bonchev–Trinajstić information content (AvgIpc) is 2.99. The highest BCUT2D eigenvalue weighted by atomic mass is 28.4. The first-order chi connectivity index (χ1) is 20.6. The van der Waals surface area contributed by atoms with Crippen molar-refractivity contribution in [3.63, 3.8) is 0 Å². The van der Waals surface area contributed by atoms with Crippen LogP contribution in [0.25, 0.3) is 6.08 Å². The first kappa shape index (κ1) is 33.4. The smallest absolute Gasteiger partial charge is 0.330 e. The van der Waals surface area contributed by atoms with Crippen molar-refractivity contribution in [1.29, 1.82) is 0 Å². The van der Waals surface area contributed by atoms with Crippen molar-refractivity contribution in [1.82, 2.24) is 0 Å². The lowest BCUT2D eigenvalue weighted by atomic mass is 10.0. The Morgan fingerprint density at radius 2 is 1.35 bits per heavy atom. The third-order valence-corrected chi connectivity index (χ3v) is 12.3. The van der Waals surface area contributed by atoms with Gasteiger partial charge in [0, 0.05) is 25.3 Å². The van der Waals surface area contributed by atoms with Crippen LogP contribution in [-0.4, -0.2) is 38.1 Å². The average molecular weight is 595 g/mol. The third-order valence-electron chi connectivity index (χ3n) is 7.25. The topological polar surface area (TPSA) is 69.7 Å². The van der Waals surface area contributed by atoms with Crippen LogP contribution in [0, 0.1) is 0 Å². The summed E-state index contributed by atoms with van der Waals surface area (Å²) in [6.07, 6.45) is 5.14. The molecule has 0 unspecified atom stereocenters. The third kappa shape index (κ3) is 9.43. The molecule has 3 rings (SSSR count). The lowest BCUT2D eigenvalue weighted by Gasteiger charge is -2.45. The van der Waals surface area contributed by atoms with Crippen LogP contribution in [0.15, 0.2) is 122 Å². The molecule has 0 saturated carbocycles. The Morgan fingerprint density at radius 1 is 0.814 bits per heavy atom. The highest BCUT2D eigenvalue weighted by Crippen LogP contribution is 2.38. The van der Waals surface area contributed by atoms with Gasteiger partial charge in [-0.15, -0.1) is 6.58 Å². The number of hydrogen-bond acceptors (Lipinski definition) is 5.